The van der Waals surface area contributed by atoms with Crippen molar-refractivity contribution in [1.82, 2.24) is 4.90 Å². The number of ether oxygens (including phenoxy) is 1. The Balaban J connectivity index is 1.70. The van der Waals surface area contributed by atoms with Crippen LogP contribution in [-0.4, -0.2) is 30.9 Å². The molecule has 0 aromatic heterocycles. The maximum Gasteiger partial charge on any atom is 0.255 e. The van der Waals surface area contributed by atoms with Crippen molar-refractivity contribution in [1.29, 1.82) is 0 Å². The molecule has 3 aromatic rings. The Morgan fingerprint density at radius 3 is 2.14 bits per heavy atom. The van der Waals surface area contributed by atoms with Crippen LogP contribution in [0.4, 0.5) is 5.69 Å². The first kappa shape index (κ1) is 20.1. The van der Waals surface area contributed by atoms with Crippen molar-refractivity contribution in [2.24, 2.45) is 0 Å². The fourth-order valence-corrected chi connectivity index (χ4v) is 3.09. The molecule has 0 radical (unpaired) electrons. The lowest BCUT2D eigenvalue weighted by molar-refractivity contribution is 0.0741. The second-order valence-corrected chi connectivity index (χ2v) is 6.73. The summed E-state index contributed by atoms with van der Waals surface area (Å²) in [6, 6.07) is 23.4. The highest BCUT2D eigenvalue weighted by Gasteiger charge is 2.21. The number of carbonyl (C=O) groups is 2. The Kier molecular flexibility index (Phi) is 6.29. The Bertz CT molecular complexity index is 985. The van der Waals surface area contributed by atoms with E-state index >= 15 is 0 Å². The van der Waals surface area contributed by atoms with E-state index in [1.54, 1.807) is 55.5 Å². The molecular weight excluding hydrogens is 364 g/mol. The van der Waals surface area contributed by atoms with Crippen molar-refractivity contribution in [2.45, 2.75) is 13.0 Å². The van der Waals surface area contributed by atoms with Gasteiger partial charge in [-0.15, -0.1) is 0 Å². The molecule has 1 atom stereocenters. The third kappa shape index (κ3) is 4.63. The number of rotatable bonds is 6. The molecule has 5 nitrogen and oxygen atoms in total. The summed E-state index contributed by atoms with van der Waals surface area (Å²) in [5.41, 5.74) is 2.71. The normalized spacial score (nSPS) is 11.4. The van der Waals surface area contributed by atoms with Crippen molar-refractivity contribution in [3.63, 3.8) is 0 Å². The lowest BCUT2D eigenvalue weighted by Crippen LogP contribution is -2.29. The number of nitrogens with one attached hydrogen (secondary N) is 1. The van der Waals surface area contributed by atoms with Crippen LogP contribution in [0.1, 0.15) is 39.2 Å². The predicted octanol–water partition coefficient (Wildman–Crippen LogP) is 4.78. The number of benzene rings is 3. The molecule has 0 bridgehead atoms. The van der Waals surface area contributed by atoms with E-state index in [-0.39, 0.29) is 17.9 Å². The van der Waals surface area contributed by atoms with Crippen LogP contribution in [0.3, 0.4) is 0 Å². The van der Waals surface area contributed by atoms with Crippen molar-refractivity contribution < 1.29 is 14.3 Å². The van der Waals surface area contributed by atoms with Crippen LogP contribution in [0.15, 0.2) is 78.9 Å². The Labute approximate surface area is 170 Å². The van der Waals surface area contributed by atoms with E-state index in [4.69, 9.17) is 4.74 Å². The van der Waals surface area contributed by atoms with Gasteiger partial charge in [-0.1, -0.05) is 36.4 Å². The zero-order valence-corrected chi connectivity index (χ0v) is 16.8. The van der Waals surface area contributed by atoms with Crippen molar-refractivity contribution in [2.75, 3.05) is 19.5 Å². The molecule has 29 heavy (non-hydrogen) atoms. The fourth-order valence-electron chi connectivity index (χ4n) is 3.09. The molecule has 0 fully saturated rings. The molecule has 0 aliphatic carbocycles. The van der Waals surface area contributed by atoms with Gasteiger partial charge in [-0.3, -0.25) is 9.59 Å². The number of para-hydroxylation sites is 1. The van der Waals surface area contributed by atoms with Crippen LogP contribution >= 0.6 is 0 Å². The molecule has 0 aliphatic heterocycles. The number of anilines is 1. The molecule has 1 N–H and O–H groups in total. The second kappa shape index (κ2) is 9.06. The van der Waals surface area contributed by atoms with Crippen molar-refractivity contribution >= 4 is 17.5 Å². The summed E-state index contributed by atoms with van der Waals surface area (Å²) >= 11 is 0. The standard InChI is InChI=1S/C24H24N2O3/c1-17(21-11-7-8-12-22(21)29-3)26(2)24(28)19-13-15-20(16-14-19)25-23(27)18-9-5-4-6-10-18/h4-17H,1-3H3,(H,25,27)/t17-/m0/s1. The van der Waals surface area contributed by atoms with Gasteiger partial charge in [0.2, 0.25) is 0 Å². The lowest BCUT2D eigenvalue weighted by Gasteiger charge is -2.26. The molecule has 2 amide bonds. The van der Waals surface area contributed by atoms with E-state index in [2.05, 4.69) is 5.32 Å². The van der Waals surface area contributed by atoms with E-state index in [0.29, 0.717) is 16.8 Å². The summed E-state index contributed by atoms with van der Waals surface area (Å²) < 4.78 is 5.41. The first-order valence-corrected chi connectivity index (χ1v) is 9.38. The van der Waals surface area contributed by atoms with Crippen LogP contribution in [0.2, 0.25) is 0 Å². The second-order valence-electron chi connectivity index (χ2n) is 6.73. The van der Waals surface area contributed by atoms with Crippen LogP contribution in [0.25, 0.3) is 0 Å². The summed E-state index contributed by atoms with van der Waals surface area (Å²) in [6.45, 7) is 1.96. The van der Waals surface area contributed by atoms with Gasteiger partial charge in [-0.05, 0) is 49.4 Å². The molecule has 0 saturated heterocycles. The summed E-state index contributed by atoms with van der Waals surface area (Å²) in [4.78, 5) is 26.8. The minimum atomic E-state index is -0.188. The van der Waals surface area contributed by atoms with Gasteiger partial charge in [-0.25, -0.2) is 0 Å². The highest BCUT2D eigenvalue weighted by Crippen LogP contribution is 2.29. The quantitative estimate of drug-likeness (QED) is 0.661. The SMILES string of the molecule is COc1ccccc1[C@H](C)N(C)C(=O)c1ccc(NC(=O)c2ccccc2)cc1. The molecule has 3 rings (SSSR count). The van der Waals surface area contributed by atoms with Crippen LogP contribution in [-0.2, 0) is 0 Å². The summed E-state index contributed by atoms with van der Waals surface area (Å²) in [5, 5.41) is 2.84. The predicted molar refractivity (Wildman–Crippen MR) is 114 cm³/mol. The summed E-state index contributed by atoms with van der Waals surface area (Å²) in [6.07, 6.45) is 0. The number of carbonyl (C=O) groups excluding carboxylic acids is 2. The summed E-state index contributed by atoms with van der Waals surface area (Å²) in [5.74, 6) is 0.453. The monoisotopic (exact) mass is 388 g/mol. The maximum absolute atomic E-state index is 12.9. The number of hydrogen-bond acceptors (Lipinski definition) is 3. The number of amides is 2. The van der Waals surface area contributed by atoms with Gasteiger partial charge in [0.05, 0.1) is 13.2 Å². The molecule has 5 heteroatoms. The highest BCUT2D eigenvalue weighted by atomic mass is 16.5. The van der Waals surface area contributed by atoms with E-state index < -0.39 is 0 Å². The zero-order chi connectivity index (χ0) is 20.8. The Morgan fingerprint density at radius 1 is 0.862 bits per heavy atom. The van der Waals surface area contributed by atoms with Gasteiger partial charge in [0.25, 0.3) is 11.8 Å². The smallest absolute Gasteiger partial charge is 0.255 e. The molecule has 0 heterocycles. The van der Waals surface area contributed by atoms with Gasteiger partial charge in [0, 0.05) is 29.4 Å². The topological polar surface area (TPSA) is 58.6 Å². The molecule has 0 spiro atoms. The van der Waals surface area contributed by atoms with Crippen LogP contribution < -0.4 is 10.1 Å². The van der Waals surface area contributed by atoms with Gasteiger partial charge >= 0.3 is 0 Å². The van der Waals surface area contributed by atoms with Gasteiger partial charge in [0.1, 0.15) is 5.75 Å². The van der Waals surface area contributed by atoms with Gasteiger partial charge in [-0.2, -0.15) is 0 Å². The molecule has 0 aliphatic rings. The van der Waals surface area contributed by atoms with Crippen molar-refractivity contribution in [3.05, 3.63) is 95.6 Å². The molecular formula is C24H24N2O3. The van der Waals surface area contributed by atoms with Crippen molar-refractivity contribution in [3.8, 4) is 5.75 Å². The van der Waals surface area contributed by atoms with Gasteiger partial charge in [0.15, 0.2) is 0 Å². The fraction of sp³-hybridized carbons (Fsp3) is 0.167. The van der Waals surface area contributed by atoms with Crippen LogP contribution in [0.5, 0.6) is 5.75 Å². The van der Waals surface area contributed by atoms with E-state index in [1.165, 1.54) is 0 Å². The maximum atomic E-state index is 12.9. The lowest BCUT2D eigenvalue weighted by atomic mass is 10.0. The Hall–Kier alpha value is -3.60. The summed E-state index contributed by atoms with van der Waals surface area (Å²) in [7, 11) is 3.39. The minimum absolute atomic E-state index is 0.107. The first-order chi connectivity index (χ1) is 14.0. The molecule has 3 aromatic carbocycles. The largest absolute Gasteiger partial charge is 0.496 e. The third-order valence-electron chi connectivity index (χ3n) is 4.92. The molecule has 0 unspecified atom stereocenters. The highest BCUT2D eigenvalue weighted by molar-refractivity contribution is 6.04. The third-order valence-corrected chi connectivity index (χ3v) is 4.92. The number of hydrogen-bond donors (Lipinski definition) is 1. The zero-order valence-electron chi connectivity index (χ0n) is 16.8. The average molecular weight is 388 g/mol. The average Bonchev–Trinajstić information content (AvgIpc) is 2.78. The number of nitrogens with zero attached hydrogens (tertiary/aromatic N) is 1. The van der Waals surface area contributed by atoms with Gasteiger partial charge < -0.3 is 15.0 Å². The first-order valence-electron chi connectivity index (χ1n) is 9.38. The Morgan fingerprint density at radius 2 is 1.48 bits per heavy atom. The van der Waals surface area contributed by atoms with E-state index in [1.807, 2.05) is 49.4 Å². The molecule has 0 saturated carbocycles. The van der Waals surface area contributed by atoms with E-state index in [9.17, 15) is 9.59 Å². The minimum Gasteiger partial charge on any atom is -0.496 e. The van der Waals surface area contributed by atoms with Crippen LogP contribution in [0, 0.1) is 0 Å². The molecule has 148 valence electrons. The number of methoxy groups -OCH3 is 1. The van der Waals surface area contributed by atoms with E-state index in [0.717, 1.165) is 11.3 Å².